The summed E-state index contributed by atoms with van der Waals surface area (Å²) in [7, 11) is -2.97. The molecule has 0 spiro atoms. The molecule has 1 heterocycles. The number of nitrogens with zero attached hydrogens (tertiary/aromatic N) is 1. The van der Waals surface area contributed by atoms with Crippen molar-refractivity contribution >= 4 is 10.0 Å². The van der Waals surface area contributed by atoms with E-state index < -0.39 is 10.0 Å². The predicted molar refractivity (Wildman–Crippen MR) is 84.6 cm³/mol. The zero-order valence-electron chi connectivity index (χ0n) is 12.6. The number of benzene rings is 1. The fourth-order valence-electron chi connectivity index (χ4n) is 3.05. The SMILES string of the molecule is Cc1ccc(C(NCCN2CCCS2(=O)=O)C2CC2)cc1. The molecule has 1 atom stereocenters. The van der Waals surface area contributed by atoms with E-state index in [-0.39, 0.29) is 0 Å². The van der Waals surface area contributed by atoms with Crippen LogP contribution in [0.3, 0.4) is 0 Å². The Morgan fingerprint density at radius 3 is 2.57 bits per heavy atom. The van der Waals surface area contributed by atoms with Crippen LogP contribution in [0.1, 0.15) is 36.4 Å². The van der Waals surface area contributed by atoms with Gasteiger partial charge in [-0.25, -0.2) is 12.7 Å². The number of nitrogens with one attached hydrogen (secondary N) is 1. The minimum Gasteiger partial charge on any atom is -0.308 e. The molecule has 1 aromatic carbocycles. The van der Waals surface area contributed by atoms with Gasteiger partial charge in [0.25, 0.3) is 0 Å². The van der Waals surface area contributed by atoms with Gasteiger partial charge < -0.3 is 5.32 Å². The highest BCUT2D eigenvalue weighted by molar-refractivity contribution is 7.89. The Bertz CT molecular complexity index is 579. The van der Waals surface area contributed by atoms with Crippen LogP contribution in [0.25, 0.3) is 0 Å². The van der Waals surface area contributed by atoms with Gasteiger partial charge in [0, 0.05) is 25.7 Å². The fraction of sp³-hybridized carbons (Fsp3) is 0.625. The maximum atomic E-state index is 11.8. The van der Waals surface area contributed by atoms with Crippen LogP contribution in [-0.4, -0.2) is 38.1 Å². The number of hydrogen-bond donors (Lipinski definition) is 1. The molecule has 0 radical (unpaired) electrons. The van der Waals surface area contributed by atoms with Crippen molar-refractivity contribution in [3.05, 3.63) is 35.4 Å². The molecule has 1 unspecified atom stereocenters. The highest BCUT2D eigenvalue weighted by Gasteiger charge is 2.33. The van der Waals surface area contributed by atoms with E-state index >= 15 is 0 Å². The summed E-state index contributed by atoms with van der Waals surface area (Å²) in [6.07, 6.45) is 3.31. The molecule has 2 fully saturated rings. The second-order valence-corrected chi connectivity index (χ2v) is 8.34. The Morgan fingerprint density at radius 2 is 2.00 bits per heavy atom. The van der Waals surface area contributed by atoms with Gasteiger partial charge in [-0.05, 0) is 37.7 Å². The van der Waals surface area contributed by atoms with Crippen LogP contribution in [0.4, 0.5) is 0 Å². The number of sulfonamides is 1. The van der Waals surface area contributed by atoms with E-state index in [9.17, 15) is 8.42 Å². The van der Waals surface area contributed by atoms with E-state index in [2.05, 4.69) is 36.5 Å². The van der Waals surface area contributed by atoms with Gasteiger partial charge in [0.15, 0.2) is 0 Å². The number of aryl methyl sites for hydroxylation is 1. The lowest BCUT2D eigenvalue weighted by Gasteiger charge is -2.21. The van der Waals surface area contributed by atoms with Gasteiger partial charge in [-0.15, -0.1) is 0 Å². The van der Waals surface area contributed by atoms with Gasteiger partial charge in [0.2, 0.25) is 10.0 Å². The lowest BCUT2D eigenvalue weighted by Crippen LogP contribution is -2.35. The van der Waals surface area contributed by atoms with Crippen molar-refractivity contribution in [2.24, 2.45) is 5.92 Å². The topological polar surface area (TPSA) is 49.4 Å². The smallest absolute Gasteiger partial charge is 0.214 e. The largest absolute Gasteiger partial charge is 0.308 e. The predicted octanol–water partition coefficient (Wildman–Crippen LogP) is 2.07. The van der Waals surface area contributed by atoms with E-state index in [1.165, 1.54) is 24.0 Å². The van der Waals surface area contributed by atoms with E-state index in [1.807, 2.05) is 0 Å². The third-order valence-electron chi connectivity index (χ3n) is 4.46. The van der Waals surface area contributed by atoms with E-state index in [0.717, 1.165) is 13.0 Å². The van der Waals surface area contributed by atoms with Crippen LogP contribution < -0.4 is 5.32 Å². The van der Waals surface area contributed by atoms with Gasteiger partial charge in [0.05, 0.1) is 5.75 Å². The van der Waals surface area contributed by atoms with Crippen molar-refractivity contribution in [3.8, 4) is 0 Å². The molecule has 116 valence electrons. The molecule has 4 nitrogen and oxygen atoms in total. The molecule has 1 saturated carbocycles. The van der Waals surface area contributed by atoms with Crippen LogP contribution in [0, 0.1) is 12.8 Å². The second kappa shape index (κ2) is 6.07. The lowest BCUT2D eigenvalue weighted by molar-refractivity contribution is 0.403. The van der Waals surface area contributed by atoms with Crippen molar-refractivity contribution in [2.75, 3.05) is 25.4 Å². The normalized spacial score (nSPS) is 23.3. The van der Waals surface area contributed by atoms with Crippen LogP contribution in [0.15, 0.2) is 24.3 Å². The third kappa shape index (κ3) is 3.65. The summed E-state index contributed by atoms with van der Waals surface area (Å²) >= 11 is 0. The maximum absolute atomic E-state index is 11.8. The van der Waals surface area contributed by atoms with Gasteiger partial charge >= 0.3 is 0 Å². The first-order chi connectivity index (χ1) is 10.1. The first kappa shape index (κ1) is 15.0. The minimum atomic E-state index is -2.97. The summed E-state index contributed by atoms with van der Waals surface area (Å²) in [6, 6.07) is 9.06. The Labute approximate surface area is 127 Å². The molecule has 0 amide bonds. The molecule has 2 aliphatic rings. The van der Waals surface area contributed by atoms with E-state index in [0.29, 0.717) is 30.8 Å². The standard InChI is InChI=1S/C16H24N2O2S/c1-13-3-5-14(6-4-13)16(15-7-8-15)17-9-11-18-10-2-12-21(18,19)20/h3-6,15-17H,2,7-12H2,1H3. The average molecular weight is 308 g/mol. The molecule has 21 heavy (non-hydrogen) atoms. The molecule has 0 bridgehead atoms. The highest BCUT2D eigenvalue weighted by atomic mass is 32.2. The minimum absolute atomic E-state index is 0.316. The maximum Gasteiger partial charge on any atom is 0.214 e. The second-order valence-electron chi connectivity index (χ2n) is 6.25. The van der Waals surface area contributed by atoms with Crippen LogP contribution in [0.2, 0.25) is 0 Å². The van der Waals surface area contributed by atoms with Crippen molar-refractivity contribution in [1.29, 1.82) is 0 Å². The van der Waals surface area contributed by atoms with Gasteiger partial charge in [-0.1, -0.05) is 29.8 Å². The zero-order valence-corrected chi connectivity index (χ0v) is 13.4. The number of hydrogen-bond acceptors (Lipinski definition) is 3. The Hall–Kier alpha value is -0.910. The molecule has 3 rings (SSSR count). The quantitative estimate of drug-likeness (QED) is 0.875. The zero-order chi connectivity index (χ0) is 14.9. The Morgan fingerprint density at radius 1 is 1.29 bits per heavy atom. The number of rotatable bonds is 6. The molecule has 0 aromatic heterocycles. The monoisotopic (exact) mass is 308 g/mol. The summed E-state index contributed by atoms with van der Waals surface area (Å²) < 4.78 is 25.2. The molecule has 1 saturated heterocycles. The molecular formula is C16H24N2O2S. The summed E-state index contributed by atoms with van der Waals surface area (Å²) in [5.74, 6) is 1.03. The Kier molecular flexibility index (Phi) is 4.33. The molecule has 5 heteroatoms. The van der Waals surface area contributed by atoms with E-state index in [4.69, 9.17) is 0 Å². The van der Waals surface area contributed by atoms with Crippen LogP contribution in [-0.2, 0) is 10.0 Å². The average Bonchev–Trinajstić information content (AvgIpc) is 3.22. The third-order valence-corrected chi connectivity index (χ3v) is 6.42. The molecule has 1 aromatic rings. The first-order valence-electron chi connectivity index (χ1n) is 7.84. The highest BCUT2D eigenvalue weighted by Crippen LogP contribution is 2.40. The summed E-state index contributed by atoms with van der Waals surface area (Å²) in [6.45, 7) is 4.11. The van der Waals surface area contributed by atoms with Crippen LogP contribution in [0.5, 0.6) is 0 Å². The summed E-state index contributed by atoms with van der Waals surface area (Å²) in [4.78, 5) is 0. The summed E-state index contributed by atoms with van der Waals surface area (Å²) in [5.41, 5.74) is 2.60. The molecule has 1 aliphatic carbocycles. The van der Waals surface area contributed by atoms with Crippen molar-refractivity contribution in [3.63, 3.8) is 0 Å². The van der Waals surface area contributed by atoms with Crippen molar-refractivity contribution < 1.29 is 8.42 Å². The van der Waals surface area contributed by atoms with E-state index in [1.54, 1.807) is 4.31 Å². The van der Waals surface area contributed by atoms with Crippen LogP contribution >= 0.6 is 0 Å². The Balaban J connectivity index is 1.58. The molecule has 1 aliphatic heterocycles. The van der Waals surface area contributed by atoms with Gasteiger partial charge in [0.1, 0.15) is 0 Å². The van der Waals surface area contributed by atoms with Gasteiger partial charge in [-0.2, -0.15) is 0 Å². The van der Waals surface area contributed by atoms with Crippen molar-refractivity contribution in [2.45, 2.75) is 32.2 Å². The van der Waals surface area contributed by atoms with Gasteiger partial charge in [-0.3, -0.25) is 0 Å². The lowest BCUT2D eigenvalue weighted by atomic mass is 10.0. The molecule has 1 N–H and O–H groups in total. The first-order valence-corrected chi connectivity index (χ1v) is 9.45. The molecular weight excluding hydrogens is 284 g/mol. The van der Waals surface area contributed by atoms with Crippen molar-refractivity contribution in [1.82, 2.24) is 9.62 Å². The fourth-order valence-corrected chi connectivity index (χ4v) is 4.58. The summed E-state index contributed by atoms with van der Waals surface area (Å²) in [5, 5.41) is 3.58.